The summed E-state index contributed by atoms with van der Waals surface area (Å²) in [5.74, 6) is 1.35. The number of halogens is 1. The number of rotatable bonds is 5. The number of hydrogen-bond donors (Lipinski definition) is 1. The van der Waals surface area contributed by atoms with Gasteiger partial charge in [0, 0.05) is 6.04 Å². The molecular formula is C17H26FN. The summed E-state index contributed by atoms with van der Waals surface area (Å²) in [5.41, 5.74) is 1.15. The Hall–Kier alpha value is -0.890. The first-order chi connectivity index (χ1) is 9.15. The summed E-state index contributed by atoms with van der Waals surface area (Å²) in [4.78, 5) is 0. The van der Waals surface area contributed by atoms with Gasteiger partial charge in [0.25, 0.3) is 0 Å². The van der Waals surface area contributed by atoms with Gasteiger partial charge in [0.1, 0.15) is 5.82 Å². The third-order valence-corrected chi connectivity index (χ3v) is 4.24. The van der Waals surface area contributed by atoms with Gasteiger partial charge in [-0.1, -0.05) is 38.8 Å². The standard InChI is InChI=1S/C17H26FN/c1-13(2)19-12-16-8-4-3-7-15(16)10-14-6-5-9-17(18)11-14/h5-6,9,11,13,15-16,19H,3-4,7-8,10,12H2,1-2H3. The van der Waals surface area contributed by atoms with Gasteiger partial charge < -0.3 is 5.32 Å². The van der Waals surface area contributed by atoms with Gasteiger partial charge >= 0.3 is 0 Å². The molecule has 19 heavy (non-hydrogen) atoms. The van der Waals surface area contributed by atoms with Crippen molar-refractivity contribution in [3.05, 3.63) is 35.6 Å². The molecule has 1 aromatic rings. The molecule has 106 valence electrons. The van der Waals surface area contributed by atoms with E-state index < -0.39 is 0 Å². The van der Waals surface area contributed by atoms with Crippen LogP contribution in [0.3, 0.4) is 0 Å². The van der Waals surface area contributed by atoms with Crippen molar-refractivity contribution in [3.63, 3.8) is 0 Å². The zero-order valence-electron chi connectivity index (χ0n) is 12.2. The van der Waals surface area contributed by atoms with Crippen molar-refractivity contribution in [2.45, 2.75) is 52.0 Å². The third-order valence-electron chi connectivity index (χ3n) is 4.24. The van der Waals surface area contributed by atoms with Crippen molar-refractivity contribution in [3.8, 4) is 0 Å². The van der Waals surface area contributed by atoms with Crippen molar-refractivity contribution in [2.75, 3.05) is 6.54 Å². The molecule has 1 saturated carbocycles. The SMILES string of the molecule is CC(C)NCC1CCCCC1Cc1cccc(F)c1. The van der Waals surface area contributed by atoms with Crippen molar-refractivity contribution in [1.82, 2.24) is 5.32 Å². The lowest BCUT2D eigenvalue weighted by Gasteiger charge is -2.32. The van der Waals surface area contributed by atoms with E-state index in [9.17, 15) is 4.39 Å². The fourth-order valence-corrected chi connectivity index (χ4v) is 3.18. The molecule has 1 aliphatic rings. The lowest BCUT2D eigenvalue weighted by molar-refractivity contribution is 0.224. The summed E-state index contributed by atoms with van der Waals surface area (Å²) >= 11 is 0. The Morgan fingerprint density at radius 3 is 2.63 bits per heavy atom. The number of nitrogens with one attached hydrogen (secondary N) is 1. The highest BCUT2D eigenvalue weighted by Gasteiger charge is 2.25. The zero-order chi connectivity index (χ0) is 13.7. The predicted octanol–water partition coefficient (Wildman–Crippen LogP) is 4.17. The van der Waals surface area contributed by atoms with E-state index in [1.165, 1.54) is 31.7 Å². The molecule has 0 aromatic heterocycles. The van der Waals surface area contributed by atoms with E-state index in [0.717, 1.165) is 24.4 Å². The molecule has 1 aromatic carbocycles. The van der Waals surface area contributed by atoms with Crippen molar-refractivity contribution < 1.29 is 4.39 Å². The minimum atomic E-state index is -0.106. The summed E-state index contributed by atoms with van der Waals surface area (Å²) in [5, 5.41) is 3.57. The van der Waals surface area contributed by atoms with Crippen LogP contribution in [0.4, 0.5) is 4.39 Å². The molecular weight excluding hydrogens is 237 g/mol. The summed E-state index contributed by atoms with van der Waals surface area (Å²) in [6.45, 7) is 5.51. The van der Waals surface area contributed by atoms with E-state index in [0.29, 0.717) is 12.0 Å². The molecule has 2 rings (SSSR count). The molecule has 0 spiro atoms. The minimum Gasteiger partial charge on any atom is -0.314 e. The molecule has 1 N–H and O–H groups in total. The second-order valence-corrected chi connectivity index (χ2v) is 6.20. The average molecular weight is 263 g/mol. The van der Waals surface area contributed by atoms with Gasteiger partial charge in [-0.2, -0.15) is 0 Å². The summed E-state index contributed by atoms with van der Waals surface area (Å²) in [7, 11) is 0. The maximum atomic E-state index is 13.3. The van der Waals surface area contributed by atoms with Gasteiger partial charge in [0.15, 0.2) is 0 Å². The quantitative estimate of drug-likeness (QED) is 0.840. The largest absolute Gasteiger partial charge is 0.314 e. The van der Waals surface area contributed by atoms with Crippen LogP contribution in [-0.2, 0) is 6.42 Å². The molecule has 0 heterocycles. The Bertz CT molecular complexity index is 389. The van der Waals surface area contributed by atoms with Crippen molar-refractivity contribution >= 4 is 0 Å². The highest BCUT2D eigenvalue weighted by atomic mass is 19.1. The molecule has 1 aliphatic carbocycles. The van der Waals surface area contributed by atoms with Crippen LogP contribution >= 0.6 is 0 Å². The van der Waals surface area contributed by atoms with E-state index >= 15 is 0 Å². The molecule has 1 nitrogen and oxygen atoms in total. The van der Waals surface area contributed by atoms with Crippen molar-refractivity contribution in [1.29, 1.82) is 0 Å². The Kier molecular flexibility index (Phi) is 5.38. The highest BCUT2D eigenvalue weighted by Crippen LogP contribution is 2.32. The Morgan fingerprint density at radius 1 is 1.21 bits per heavy atom. The fraction of sp³-hybridized carbons (Fsp3) is 0.647. The van der Waals surface area contributed by atoms with Crippen LogP contribution < -0.4 is 5.32 Å². The van der Waals surface area contributed by atoms with E-state index in [4.69, 9.17) is 0 Å². The summed E-state index contributed by atoms with van der Waals surface area (Å²) in [6, 6.07) is 7.67. The highest BCUT2D eigenvalue weighted by molar-refractivity contribution is 5.17. The average Bonchev–Trinajstić information content (AvgIpc) is 2.38. The Morgan fingerprint density at radius 2 is 1.95 bits per heavy atom. The molecule has 2 unspecified atom stereocenters. The van der Waals surface area contributed by atoms with Crippen LogP contribution in [0.5, 0.6) is 0 Å². The van der Waals surface area contributed by atoms with Gasteiger partial charge in [0.05, 0.1) is 0 Å². The van der Waals surface area contributed by atoms with Crippen molar-refractivity contribution in [2.24, 2.45) is 11.8 Å². The lowest BCUT2D eigenvalue weighted by Crippen LogP contribution is -2.34. The number of hydrogen-bond acceptors (Lipinski definition) is 1. The first-order valence-electron chi connectivity index (χ1n) is 7.63. The van der Waals surface area contributed by atoms with Gasteiger partial charge in [0.2, 0.25) is 0 Å². The predicted molar refractivity (Wildman–Crippen MR) is 78.7 cm³/mol. The lowest BCUT2D eigenvalue weighted by atomic mass is 9.76. The smallest absolute Gasteiger partial charge is 0.123 e. The molecule has 0 aliphatic heterocycles. The minimum absolute atomic E-state index is 0.106. The molecule has 0 saturated heterocycles. The number of benzene rings is 1. The molecule has 0 radical (unpaired) electrons. The maximum absolute atomic E-state index is 13.3. The van der Waals surface area contributed by atoms with Crippen LogP contribution in [-0.4, -0.2) is 12.6 Å². The third kappa shape index (κ3) is 4.61. The Labute approximate surface area is 116 Å². The molecule has 0 bridgehead atoms. The zero-order valence-corrected chi connectivity index (χ0v) is 12.2. The van der Waals surface area contributed by atoms with Gasteiger partial charge in [-0.05, 0) is 55.3 Å². The normalized spacial score (nSPS) is 23.8. The second-order valence-electron chi connectivity index (χ2n) is 6.20. The van der Waals surface area contributed by atoms with Gasteiger partial charge in [-0.3, -0.25) is 0 Å². The summed E-state index contributed by atoms with van der Waals surface area (Å²) in [6.07, 6.45) is 6.32. The maximum Gasteiger partial charge on any atom is 0.123 e. The first kappa shape index (κ1) is 14.5. The first-order valence-corrected chi connectivity index (χ1v) is 7.63. The van der Waals surface area contributed by atoms with Gasteiger partial charge in [-0.15, -0.1) is 0 Å². The molecule has 0 amide bonds. The van der Waals surface area contributed by atoms with Crippen LogP contribution in [0.1, 0.15) is 45.1 Å². The molecule has 2 heteroatoms. The Balaban J connectivity index is 1.95. The molecule has 1 fully saturated rings. The summed E-state index contributed by atoms with van der Waals surface area (Å²) < 4.78 is 13.3. The van der Waals surface area contributed by atoms with Crippen LogP contribution in [0.15, 0.2) is 24.3 Å². The second kappa shape index (κ2) is 7.04. The van der Waals surface area contributed by atoms with E-state index in [1.54, 1.807) is 6.07 Å². The van der Waals surface area contributed by atoms with Crippen LogP contribution in [0, 0.1) is 17.7 Å². The van der Waals surface area contributed by atoms with E-state index in [1.807, 2.05) is 6.07 Å². The van der Waals surface area contributed by atoms with Gasteiger partial charge in [-0.25, -0.2) is 4.39 Å². The molecule has 2 atom stereocenters. The topological polar surface area (TPSA) is 12.0 Å². The monoisotopic (exact) mass is 263 g/mol. The fourth-order valence-electron chi connectivity index (χ4n) is 3.18. The van der Waals surface area contributed by atoms with E-state index in [2.05, 4.69) is 25.2 Å². The van der Waals surface area contributed by atoms with E-state index in [-0.39, 0.29) is 5.82 Å². The van der Waals surface area contributed by atoms with Crippen LogP contribution in [0.2, 0.25) is 0 Å². The van der Waals surface area contributed by atoms with Crippen LogP contribution in [0.25, 0.3) is 0 Å².